The fraction of sp³-hybridized carbons (Fsp3) is 0.118. The van der Waals surface area contributed by atoms with Crippen LogP contribution >= 0.6 is 22.9 Å². The molecule has 2 heterocycles. The van der Waals surface area contributed by atoms with Gasteiger partial charge in [-0.15, -0.1) is 11.3 Å². The van der Waals surface area contributed by atoms with Crippen molar-refractivity contribution in [3.8, 4) is 22.2 Å². The average molecular weight is 358 g/mol. The lowest BCUT2D eigenvalue weighted by Gasteiger charge is -2.05. The van der Waals surface area contributed by atoms with Crippen LogP contribution in [0.1, 0.15) is 22.2 Å². The van der Waals surface area contributed by atoms with E-state index in [0.717, 1.165) is 5.56 Å². The van der Waals surface area contributed by atoms with Crippen LogP contribution in [0, 0.1) is 11.3 Å². The lowest BCUT2D eigenvalue weighted by atomic mass is 10.0. The molecule has 0 spiro atoms. The Bertz CT molecular complexity index is 909. The number of esters is 1. The molecule has 3 aromatic rings. The van der Waals surface area contributed by atoms with Crippen LogP contribution < -0.4 is 0 Å². The Kier molecular flexibility index (Phi) is 4.65. The largest absolute Gasteiger partial charge is 0.462 e. The maximum Gasteiger partial charge on any atom is 0.349 e. The van der Waals surface area contributed by atoms with E-state index in [1.54, 1.807) is 54.3 Å². The summed E-state index contributed by atoms with van der Waals surface area (Å²) in [5.74, 6) is -0.456. The smallest absolute Gasteiger partial charge is 0.349 e. The van der Waals surface area contributed by atoms with Crippen LogP contribution in [0.25, 0.3) is 16.1 Å². The standard InChI is InChI=1S/C17H12ClN3O2S/c1-2-23-17(22)15-14(11-4-6-12(18)7-5-11)13(10-19)16(24-15)21-9-3-8-20-21/h3-9H,2H2,1H3. The Morgan fingerprint density at radius 3 is 2.75 bits per heavy atom. The van der Waals surface area contributed by atoms with E-state index in [1.807, 2.05) is 0 Å². The summed E-state index contributed by atoms with van der Waals surface area (Å²) in [7, 11) is 0. The zero-order valence-corrected chi connectivity index (χ0v) is 14.3. The summed E-state index contributed by atoms with van der Waals surface area (Å²) in [6.07, 6.45) is 3.35. The molecular weight excluding hydrogens is 346 g/mol. The number of carbonyl (C=O) groups is 1. The topological polar surface area (TPSA) is 67.9 Å². The molecule has 0 aliphatic heterocycles. The first kappa shape index (κ1) is 16.2. The third-order valence-electron chi connectivity index (χ3n) is 3.31. The van der Waals surface area contributed by atoms with Gasteiger partial charge in [-0.2, -0.15) is 10.4 Å². The van der Waals surface area contributed by atoms with E-state index < -0.39 is 5.97 Å². The number of halogens is 1. The third kappa shape index (κ3) is 2.92. The number of hydrogen-bond donors (Lipinski definition) is 0. The Hall–Kier alpha value is -2.62. The number of rotatable bonds is 4. The van der Waals surface area contributed by atoms with Crippen molar-refractivity contribution in [3.63, 3.8) is 0 Å². The van der Waals surface area contributed by atoms with Gasteiger partial charge in [-0.1, -0.05) is 23.7 Å². The van der Waals surface area contributed by atoms with Gasteiger partial charge in [0.15, 0.2) is 0 Å². The molecule has 120 valence electrons. The summed E-state index contributed by atoms with van der Waals surface area (Å²) in [6.45, 7) is 2.00. The quantitative estimate of drug-likeness (QED) is 0.653. The van der Waals surface area contributed by atoms with Gasteiger partial charge in [0.05, 0.1) is 12.2 Å². The molecule has 0 radical (unpaired) electrons. The van der Waals surface area contributed by atoms with Crippen molar-refractivity contribution in [3.05, 3.63) is 58.2 Å². The van der Waals surface area contributed by atoms with Gasteiger partial charge in [0.2, 0.25) is 0 Å². The second-order valence-corrected chi connectivity index (χ2v) is 6.21. The Labute approximate surface area is 147 Å². The fourth-order valence-corrected chi connectivity index (χ4v) is 3.54. The number of nitriles is 1. The zero-order chi connectivity index (χ0) is 17.1. The highest BCUT2D eigenvalue weighted by atomic mass is 35.5. The maximum absolute atomic E-state index is 12.4. The van der Waals surface area contributed by atoms with Crippen molar-refractivity contribution in [2.24, 2.45) is 0 Å². The zero-order valence-electron chi connectivity index (χ0n) is 12.7. The number of benzene rings is 1. The lowest BCUT2D eigenvalue weighted by Crippen LogP contribution is -2.04. The normalized spacial score (nSPS) is 10.4. The number of aromatic nitrogens is 2. The van der Waals surface area contributed by atoms with E-state index >= 15 is 0 Å². The van der Waals surface area contributed by atoms with Gasteiger partial charge in [-0.25, -0.2) is 9.48 Å². The van der Waals surface area contributed by atoms with Crippen molar-refractivity contribution in [1.29, 1.82) is 5.26 Å². The van der Waals surface area contributed by atoms with E-state index in [-0.39, 0.29) is 6.61 Å². The highest BCUT2D eigenvalue weighted by Gasteiger charge is 2.26. The number of nitrogens with zero attached hydrogens (tertiary/aromatic N) is 3. The molecule has 0 fully saturated rings. The van der Waals surface area contributed by atoms with Crippen LogP contribution in [0.3, 0.4) is 0 Å². The van der Waals surface area contributed by atoms with E-state index in [4.69, 9.17) is 16.3 Å². The van der Waals surface area contributed by atoms with E-state index in [0.29, 0.717) is 26.0 Å². The van der Waals surface area contributed by atoms with Crippen LogP contribution in [-0.4, -0.2) is 22.4 Å². The molecule has 3 rings (SSSR count). The molecule has 0 N–H and O–H groups in total. The minimum atomic E-state index is -0.456. The SMILES string of the molecule is CCOC(=O)c1sc(-n2cccn2)c(C#N)c1-c1ccc(Cl)cc1. The molecule has 0 bridgehead atoms. The molecule has 0 amide bonds. The van der Waals surface area contributed by atoms with Gasteiger partial charge in [0.25, 0.3) is 0 Å². The van der Waals surface area contributed by atoms with Crippen molar-refractivity contribution in [2.45, 2.75) is 6.92 Å². The minimum absolute atomic E-state index is 0.260. The molecule has 7 heteroatoms. The third-order valence-corrected chi connectivity index (χ3v) is 4.72. The average Bonchev–Trinajstić information content (AvgIpc) is 3.22. The van der Waals surface area contributed by atoms with Crippen molar-refractivity contribution in [2.75, 3.05) is 6.61 Å². The fourth-order valence-electron chi connectivity index (χ4n) is 2.31. The highest BCUT2D eigenvalue weighted by molar-refractivity contribution is 7.17. The lowest BCUT2D eigenvalue weighted by molar-refractivity contribution is 0.0533. The first-order chi connectivity index (χ1) is 11.7. The van der Waals surface area contributed by atoms with Crippen molar-refractivity contribution < 1.29 is 9.53 Å². The molecule has 0 saturated heterocycles. The molecule has 2 aromatic heterocycles. The van der Waals surface area contributed by atoms with Crippen molar-refractivity contribution >= 4 is 28.9 Å². The Balaban J connectivity index is 2.26. The summed E-state index contributed by atoms with van der Waals surface area (Å²) in [4.78, 5) is 12.8. The first-order valence-electron chi connectivity index (χ1n) is 7.15. The second kappa shape index (κ2) is 6.87. The predicted molar refractivity (Wildman–Crippen MR) is 92.6 cm³/mol. The minimum Gasteiger partial charge on any atom is -0.462 e. The Morgan fingerprint density at radius 2 is 2.17 bits per heavy atom. The number of ether oxygens (including phenoxy) is 1. The van der Waals surface area contributed by atoms with Crippen molar-refractivity contribution in [1.82, 2.24) is 9.78 Å². The highest BCUT2D eigenvalue weighted by Crippen LogP contribution is 2.39. The summed E-state index contributed by atoms with van der Waals surface area (Å²) < 4.78 is 6.73. The van der Waals surface area contributed by atoms with Gasteiger partial charge < -0.3 is 4.74 Å². The van der Waals surface area contributed by atoms with Gasteiger partial charge in [-0.05, 0) is 30.7 Å². The summed E-state index contributed by atoms with van der Waals surface area (Å²) in [5.41, 5.74) is 1.66. The summed E-state index contributed by atoms with van der Waals surface area (Å²) in [6, 6.07) is 10.9. The Morgan fingerprint density at radius 1 is 1.42 bits per heavy atom. The van der Waals surface area contributed by atoms with E-state index in [2.05, 4.69) is 11.2 Å². The monoisotopic (exact) mass is 357 g/mol. The molecule has 0 saturated carbocycles. The van der Waals surface area contributed by atoms with Gasteiger partial charge >= 0.3 is 5.97 Å². The van der Waals surface area contributed by atoms with Crippen LogP contribution in [-0.2, 0) is 4.74 Å². The molecule has 0 unspecified atom stereocenters. The maximum atomic E-state index is 12.4. The van der Waals surface area contributed by atoms with Crippen LogP contribution in [0.2, 0.25) is 5.02 Å². The molecule has 24 heavy (non-hydrogen) atoms. The van der Waals surface area contributed by atoms with Crippen LogP contribution in [0.5, 0.6) is 0 Å². The van der Waals surface area contributed by atoms with E-state index in [1.165, 1.54) is 11.3 Å². The van der Waals surface area contributed by atoms with Crippen LogP contribution in [0.15, 0.2) is 42.7 Å². The summed E-state index contributed by atoms with van der Waals surface area (Å²) in [5, 5.41) is 15.0. The number of hydrogen-bond acceptors (Lipinski definition) is 5. The van der Waals surface area contributed by atoms with Gasteiger partial charge in [0, 0.05) is 23.0 Å². The number of thiophene rings is 1. The first-order valence-corrected chi connectivity index (χ1v) is 8.35. The summed E-state index contributed by atoms with van der Waals surface area (Å²) >= 11 is 7.13. The second-order valence-electron chi connectivity index (χ2n) is 4.78. The molecule has 0 aliphatic carbocycles. The molecule has 0 atom stereocenters. The van der Waals surface area contributed by atoms with Gasteiger partial charge in [0.1, 0.15) is 15.9 Å². The van der Waals surface area contributed by atoms with Gasteiger partial charge in [-0.3, -0.25) is 0 Å². The molecule has 1 aromatic carbocycles. The predicted octanol–water partition coefficient (Wildman–Crippen LogP) is 4.30. The molecule has 0 aliphatic rings. The van der Waals surface area contributed by atoms with Crippen LogP contribution in [0.4, 0.5) is 0 Å². The number of carbonyl (C=O) groups excluding carboxylic acids is 1. The molecule has 5 nitrogen and oxygen atoms in total. The molecular formula is C17H12ClN3O2S. The van der Waals surface area contributed by atoms with E-state index in [9.17, 15) is 10.1 Å².